The molecule has 0 unspecified atom stereocenters. The van der Waals surface area contributed by atoms with Crippen LogP contribution < -0.4 is 0 Å². The molecule has 3 heterocycles. The van der Waals surface area contributed by atoms with Crippen molar-refractivity contribution < 1.29 is 9.59 Å². The minimum Gasteiger partial charge on any atom is -0.342 e. The van der Waals surface area contributed by atoms with Gasteiger partial charge >= 0.3 is 0 Å². The molecular formula is C40H52N4O2. The highest BCUT2D eigenvalue weighted by Gasteiger charge is 2.32. The highest BCUT2D eigenvalue weighted by molar-refractivity contribution is 5.96. The maximum atomic E-state index is 13.9. The maximum absolute atomic E-state index is 13.9. The van der Waals surface area contributed by atoms with Crippen molar-refractivity contribution in [2.24, 2.45) is 5.92 Å². The van der Waals surface area contributed by atoms with E-state index in [0.29, 0.717) is 17.5 Å². The number of piperazine rings is 1. The van der Waals surface area contributed by atoms with Crippen LogP contribution in [-0.2, 0) is 4.79 Å². The molecule has 0 atom stereocenters. The first-order valence-electron chi connectivity index (χ1n) is 18.1. The first-order valence-corrected chi connectivity index (χ1v) is 18.1. The van der Waals surface area contributed by atoms with Crippen LogP contribution in [0, 0.1) is 5.92 Å². The number of benzene rings is 2. The zero-order valence-corrected chi connectivity index (χ0v) is 27.6. The van der Waals surface area contributed by atoms with E-state index < -0.39 is 0 Å². The Bertz CT molecular complexity index is 1330. The lowest BCUT2D eigenvalue weighted by molar-refractivity contribution is -0.137. The number of amides is 2. The number of carbonyl (C=O) groups is 2. The number of pyridine rings is 1. The molecule has 6 rings (SSSR count). The quantitative estimate of drug-likeness (QED) is 0.289. The maximum Gasteiger partial charge on any atom is 0.254 e. The molecule has 2 aliphatic heterocycles. The van der Waals surface area contributed by atoms with Gasteiger partial charge in [0, 0.05) is 67.9 Å². The highest BCUT2D eigenvalue weighted by atomic mass is 16.2. The molecule has 46 heavy (non-hydrogen) atoms. The summed E-state index contributed by atoms with van der Waals surface area (Å²) in [6.07, 6.45) is 16.0. The Hall–Kier alpha value is -3.51. The number of likely N-dealkylation sites (tertiary alicyclic amines) is 1. The van der Waals surface area contributed by atoms with Crippen molar-refractivity contribution in [2.45, 2.75) is 89.5 Å². The fourth-order valence-corrected chi connectivity index (χ4v) is 7.76. The van der Waals surface area contributed by atoms with E-state index in [-0.39, 0.29) is 11.8 Å². The number of carbonyl (C=O) groups excluding carboxylic acids is 2. The minimum atomic E-state index is 0.0776. The summed E-state index contributed by atoms with van der Waals surface area (Å²) >= 11 is 0. The summed E-state index contributed by atoms with van der Waals surface area (Å²) in [5, 5.41) is 0. The monoisotopic (exact) mass is 620 g/mol. The van der Waals surface area contributed by atoms with Gasteiger partial charge in [0.2, 0.25) is 5.91 Å². The van der Waals surface area contributed by atoms with Crippen LogP contribution in [0.1, 0.15) is 93.8 Å². The van der Waals surface area contributed by atoms with E-state index >= 15 is 0 Å². The molecule has 244 valence electrons. The van der Waals surface area contributed by atoms with Gasteiger partial charge in [-0.3, -0.25) is 14.5 Å². The van der Waals surface area contributed by atoms with Crippen LogP contribution in [0.4, 0.5) is 0 Å². The first kappa shape index (κ1) is 32.4. The van der Waals surface area contributed by atoms with Gasteiger partial charge in [-0.2, -0.15) is 0 Å². The Balaban J connectivity index is 1.03. The fraction of sp³-hybridized carbons (Fsp3) is 0.525. The third kappa shape index (κ3) is 8.44. The topological polar surface area (TPSA) is 56.8 Å². The molecule has 2 aromatic carbocycles. The molecule has 2 saturated heterocycles. The van der Waals surface area contributed by atoms with Gasteiger partial charge in [-0.1, -0.05) is 118 Å². The molecule has 0 spiro atoms. The van der Waals surface area contributed by atoms with E-state index in [0.717, 1.165) is 87.5 Å². The largest absolute Gasteiger partial charge is 0.342 e. The number of aromatic nitrogens is 1. The first-order chi connectivity index (χ1) is 22.7. The zero-order chi connectivity index (χ0) is 31.6. The molecule has 0 radical (unpaired) electrons. The van der Waals surface area contributed by atoms with Gasteiger partial charge in [0.25, 0.3) is 5.91 Å². The zero-order valence-electron chi connectivity index (χ0n) is 27.6. The van der Waals surface area contributed by atoms with Crippen molar-refractivity contribution in [3.8, 4) is 22.5 Å². The van der Waals surface area contributed by atoms with Crippen LogP contribution in [-0.4, -0.2) is 76.8 Å². The Morgan fingerprint density at radius 1 is 0.543 bits per heavy atom. The predicted octanol–water partition coefficient (Wildman–Crippen LogP) is 8.09. The summed E-state index contributed by atoms with van der Waals surface area (Å²) in [4.78, 5) is 39.2. The number of piperidine rings is 1. The second-order valence-corrected chi connectivity index (χ2v) is 13.7. The molecule has 1 aromatic heterocycles. The van der Waals surface area contributed by atoms with Gasteiger partial charge in [-0.25, -0.2) is 4.98 Å². The van der Waals surface area contributed by atoms with Crippen molar-refractivity contribution in [1.29, 1.82) is 0 Å². The Labute approximate surface area is 276 Å². The van der Waals surface area contributed by atoms with Crippen molar-refractivity contribution in [1.82, 2.24) is 19.7 Å². The van der Waals surface area contributed by atoms with Crippen LogP contribution in [0.2, 0.25) is 0 Å². The molecular weight excluding hydrogens is 568 g/mol. The molecule has 2 amide bonds. The van der Waals surface area contributed by atoms with Crippen molar-refractivity contribution >= 4 is 11.8 Å². The summed E-state index contributed by atoms with van der Waals surface area (Å²) in [7, 11) is 0. The second-order valence-electron chi connectivity index (χ2n) is 13.7. The summed E-state index contributed by atoms with van der Waals surface area (Å²) < 4.78 is 0. The molecule has 1 saturated carbocycles. The molecule has 3 fully saturated rings. The predicted molar refractivity (Wildman–Crippen MR) is 186 cm³/mol. The van der Waals surface area contributed by atoms with Crippen LogP contribution >= 0.6 is 0 Å². The lowest BCUT2D eigenvalue weighted by atomic mass is 9.91. The van der Waals surface area contributed by atoms with Crippen molar-refractivity contribution in [2.75, 3.05) is 39.3 Å². The fourth-order valence-electron chi connectivity index (χ4n) is 7.76. The Morgan fingerprint density at radius 3 is 1.52 bits per heavy atom. The summed E-state index contributed by atoms with van der Waals surface area (Å²) in [5.41, 5.74) is 4.36. The van der Waals surface area contributed by atoms with Gasteiger partial charge in [-0.15, -0.1) is 0 Å². The molecule has 3 aliphatic rings. The average Bonchev–Trinajstić information content (AvgIpc) is 3.12. The van der Waals surface area contributed by atoms with E-state index in [2.05, 4.69) is 9.80 Å². The van der Waals surface area contributed by atoms with E-state index in [1.54, 1.807) is 0 Å². The molecule has 0 bridgehead atoms. The van der Waals surface area contributed by atoms with Crippen LogP contribution in [0.3, 0.4) is 0 Å². The number of nitrogens with zero attached hydrogens (tertiary/aromatic N) is 4. The van der Waals surface area contributed by atoms with Crippen LogP contribution in [0.25, 0.3) is 22.5 Å². The average molecular weight is 621 g/mol. The third-order valence-corrected chi connectivity index (χ3v) is 10.6. The van der Waals surface area contributed by atoms with E-state index in [1.807, 2.05) is 77.7 Å². The van der Waals surface area contributed by atoms with E-state index in [4.69, 9.17) is 4.98 Å². The molecule has 6 nitrogen and oxygen atoms in total. The third-order valence-electron chi connectivity index (χ3n) is 10.6. The number of hydrogen-bond donors (Lipinski definition) is 0. The lowest BCUT2D eigenvalue weighted by Crippen LogP contribution is -2.55. The summed E-state index contributed by atoms with van der Waals surface area (Å²) in [6.45, 7) is 4.97. The number of hydrogen-bond acceptors (Lipinski definition) is 4. The standard InChI is InChI=1S/C40H52N4O2/c45-39(34-20-10-6-4-2-1-3-5-7-11-21-34)43-24-22-36(23-25-43)42-26-28-44(29-27-42)40(46)35-30-37(32-16-12-8-13-17-32)41-38(31-35)33-18-14-9-15-19-33/h8-9,12-19,30-31,34,36H,1-7,10-11,20-29H2. The summed E-state index contributed by atoms with van der Waals surface area (Å²) in [6, 6.07) is 24.6. The minimum absolute atomic E-state index is 0.0776. The highest BCUT2D eigenvalue weighted by Crippen LogP contribution is 2.28. The lowest BCUT2D eigenvalue weighted by Gasteiger charge is -2.43. The van der Waals surface area contributed by atoms with Gasteiger partial charge in [-0.05, 0) is 37.8 Å². The molecule has 6 heteroatoms. The van der Waals surface area contributed by atoms with Gasteiger partial charge in [0.05, 0.1) is 11.4 Å². The van der Waals surface area contributed by atoms with Crippen molar-refractivity contribution in [3.63, 3.8) is 0 Å². The SMILES string of the molecule is O=C(c1cc(-c2ccccc2)nc(-c2ccccc2)c1)N1CCN(C2CCN(C(=O)C3CCCCCCCCCCC3)CC2)CC1. The Kier molecular flexibility index (Phi) is 11.5. The smallest absolute Gasteiger partial charge is 0.254 e. The summed E-state index contributed by atoms with van der Waals surface area (Å²) in [5.74, 6) is 0.727. The van der Waals surface area contributed by atoms with E-state index in [1.165, 1.54) is 57.8 Å². The van der Waals surface area contributed by atoms with Crippen LogP contribution in [0.15, 0.2) is 72.8 Å². The Morgan fingerprint density at radius 2 is 1.02 bits per heavy atom. The van der Waals surface area contributed by atoms with Gasteiger partial charge in [0.15, 0.2) is 0 Å². The molecule has 1 aliphatic carbocycles. The molecule has 3 aromatic rings. The van der Waals surface area contributed by atoms with E-state index in [9.17, 15) is 9.59 Å². The van der Waals surface area contributed by atoms with Crippen LogP contribution in [0.5, 0.6) is 0 Å². The number of rotatable bonds is 5. The van der Waals surface area contributed by atoms with Crippen molar-refractivity contribution in [3.05, 3.63) is 78.4 Å². The van der Waals surface area contributed by atoms with Gasteiger partial charge < -0.3 is 9.80 Å². The molecule has 0 N–H and O–H groups in total. The normalized spacial score (nSPS) is 20.1. The van der Waals surface area contributed by atoms with Gasteiger partial charge in [0.1, 0.15) is 0 Å². The second kappa shape index (κ2) is 16.4.